The molecule has 5 heteroatoms. The maximum atomic E-state index is 12.5. The topological polar surface area (TPSA) is 45.1 Å². The molecule has 0 aromatic carbocycles. The van der Waals surface area contributed by atoms with Crippen molar-refractivity contribution in [1.29, 1.82) is 0 Å². The molecule has 2 aliphatic rings. The minimum absolute atomic E-state index is 0.213. The van der Waals surface area contributed by atoms with Crippen LogP contribution in [0.3, 0.4) is 0 Å². The largest absolute Gasteiger partial charge is 0.444 e. The summed E-state index contributed by atoms with van der Waals surface area (Å²) in [6.45, 7) is 20.3. The van der Waals surface area contributed by atoms with Crippen LogP contribution < -0.4 is 0 Å². The van der Waals surface area contributed by atoms with E-state index in [-0.39, 0.29) is 12.1 Å². The third kappa shape index (κ3) is 5.97. The lowest BCUT2D eigenvalue weighted by atomic mass is 9.92. The molecule has 1 saturated carbocycles. The van der Waals surface area contributed by atoms with Gasteiger partial charge in [-0.15, -0.1) is 0 Å². The van der Waals surface area contributed by atoms with Crippen LogP contribution in [-0.4, -0.2) is 52.9 Å². The molecule has 1 saturated heterocycles. The molecule has 1 aliphatic heterocycles. The standard InChI is InChI=1S/C24H39N3O2/c1-9-20(19-12-13-19)22(21(10-2)25-11-3)18(5)27-15-14-26(16-17(27)4)23(28)29-24(6,7)8/h9,11,17,19H,3,10,12-16H2,1-2,4-8H3/b20-9-,22-18+,25-21?/t17-/m0/s1. The number of carbonyl (C=O) groups excluding carboxylic acids is 1. The van der Waals surface area contributed by atoms with Crippen LogP contribution in [0.4, 0.5) is 4.79 Å². The van der Waals surface area contributed by atoms with E-state index in [2.05, 4.69) is 50.2 Å². The zero-order valence-electron chi connectivity index (χ0n) is 19.4. The Labute approximate surface area is 177 Å². The second-order valence-electron chi connectivity index (χ2n) is 9.06. The number of piperazine rings is 1. The molecule has 1 atom stereocenters. The van der Waals surface area contributed by atoms with Crippen LogP contribution in [-0.2, 0) is 4.74 Å². The second kappa shape index (κ2) is 9.64. The molecule has 0 N–H and O–H groups in total. The van der Waals surface area contributed by atoms with E-state index in [0.29, 0.717) is 19.0 Å². The predicted molar refractivity (Wildman–Crippen MR) is 121 cm³/mol. The lowest BCUT2D eigenvalue weighted by Gasteiger charge is -2.42. The predicted octanol–water partition coefficient (Wildman–Crippen LogP) is 5.55. The fraction of sp³-hybridized carbons (Fsp3) is 0.667. The maximum absolute atomic E-state index is 12.5. The summed E-state index contributed by atoms with van der Waals surface area (Å²) in [7, 11) is 0. The van der Waals surface area contributed by atoms with Gasteiger partial charge in [0, 0.05) is 48.9 Å². The molecule has 162 valence electrons. The number of carbonyl (C=O) groups is 1. The molecule has 29 heavy (non-hydrogen) atoms. The molecule has 5 nitrogen and oxygen atoms in total. The summed E-state index contributed by atoms with van der Waals surface area (Å²) in [5.74, 6) is 0.643. The van der Waals surface area contributed by atoms with E-state index in [9.17, 15) is 4.79 Å². The van der Waals surface area contributed by atoms with Gasteiger partial charge in [0.25, 0.3) is 0 Å². The Morgan fingerprint density at radius 2 is 1.93 bits per heavy atom. The van der Waals surface area contributed by atoms with Crippen LogP contribution in [0.1, 0.15) is 67.7 Å². The third-order valence-corrected chi connectivity index (χ3v) is 5.56. The van der Waals surface area contributed by atoms with Crippen LogP contribution >= 0.6 is 0 Å². The van der Waals surface area contributed by atoms with Crippen molar-refractivity contribution < 1.29 is 9.53 Å². The molecule has 0 aromatic rings. The summed E-state index contributed by atoms with van der Waals surface area (Å²) in [4.78, 5) is 21.4. The lowest BCUT2D eigenvalue weighted by Crippen LogP contribution is -2.54. The van der Waals surface area contributed by atoms with Gasteiger partial charge in [0.15, 0.2) is 0 Å². The van der Waals surface area contributed by atoms with Crippen molar-refractivity contribution in [3.05, 3.63) is 35.7 Å². The molecule has 0 aromatic heterocycles. The zero-order chi connectivity index (χ0) is 21.8. The van der Waals surface area contributed by atoms with Crippen LogP contribution in [0, 0.1) is 5.92 Å². The van der Waals surface area contributed by atoms with Crippen molar-refractivity contribution in [2.24, 2.45) is 10.9 Å². The monoisotopic (exact) mass is 401 g/mol. The number of amides is 1. The summed E-state index contributed by atoms with van der Waals surface area (Å²) in [6.07, 6.45) is 7.06. The van der Waals surface area contributed by atoms with E-state index in [1.165, 1.54) is 29.7 Å². The first-order chi connectivity index (χ1) is 13.6. The first-order valence-electron chi connectivity index (χ1n) is 10.9. The molecule has 0 unspecified atom stereocenters. The first kappa shape index (κ1) is 23.2. The van der Waals surface area contributed by atoms with Gasteiger partial charge in [0.1, 0.15) is 5.60 Å². The fourth-order valence-electron chi connectivity index (χ4n) is 4.10. The Kier molecular flexibility index (Phi) is 7.73. The molecular formula is C24H39N3O2. The summed E-state index contributed by atoms with van der Waals surface area (Å²) >= 11 is 0. The average molecular weight is 402 g/mol. The van der Waals surface area contributed by atoms with Gasteiger partial charge in [0.05, 0.1) is 0 Å². The molecule has 1 aliphatic carbocycles. The highest BCUT2D eigenvalue weighted by molar-refractivity contribution is 6.04. The molecule has 1 heterocycles. The second-order valence-corrected chi connectivity index (χ2v) is 9.06. The van der Waals surface area contributed by atoms with Crippen LogP contribution in [0.5, 0.6) is 0 Å². The van der Waals surface area contributed by atoms with Gasteiger partial charge in [-0.25, -0.2) is 4.79 Å². The summed E-state index contributed by atoms with van der Waals surface area (Å²) in [5, 5.41) is 0. The van der Waals surface area contributed by atoms with Crippen molar-refractivity contribution in [3.63, 3.8) is 0 Å². The van der Waals surface area contributed by atoms with E-state index >= 15 is 0 Å². The maximum Gasteiger partial charge on any atom is 0.410 e. The number of aliphatic imine (C=N–C) groups is 1. The molecular weight excluding hydrogens is 362 g/mol. The van der Waals surface area contributed by atoms with Crippen molar-refractivity contribution in [2.45, 2.75) is 79.4 Å². The Balaban J connectivity index is 2.29. The lowest BCUT2D eigenvalue weighted by molar-refractivity contribution is 0.0101. The Morgan fingerprint density at radius 3 is 2.38 bits per heavy atom. The first-order valence-corrected chi connectivity index (χ1v) is 10.9. The van der Waals surface area contributed by atoms with Gasteiger partial charge in [0.2, 0.25) is 0 Å². The van der Waals surface area contributed by atoms with Crippen molar-refractivity contribution >= 4 is 11.8 Å². The molecule has 1 amide bonds. The molecule has 0 spiro atoms. The number of hydrogen-bond donors (Lipinski definition) is 0. The highest BCUT2D eigenvalue weighted by Gasteiger charge is 2.34. The minimum Gasteiger partial charge on any atom is -0.444 e. The Bertz CT molecular complexity index is 704. The van der Waals surface area contributed by atoms with Gasteiger partial charge in [-0.2, -0.15) is 0 Å². The zero-order valence-corrected chi connectivity index (χ0v) is 19.4. The molecule has 0 bridgehead atoms. The van der Waals surface area contributed by atoms with E-state index in [0.717, 1.165) is 18.7 Å². The number of allylic oxidation sites excluding steroid dienone is 4. The molecule has 2 rings (SSSR count). The van der Waals surface area contributed by atoms with Crippen LogP contribution in [0.25, 0.3) is 0 Å². The van der Waals surface area contributed by atoms with Crippen LogP contribution in [0.2, 0.25) is 0 Å². The minimum atomic E-state index is -0.470. The smallest absolute Gasteiger partial charge is 0.410 e. The highest BCUT2D eigenvalue weighted by Crippen LogP contribution is 2.42. The molecule has 2 fully saturated rings. The Morgan fingerprint density at radius 1 is 1.28 bits per heavy atom. The average Bonchev–Trinajstić information content (AvgIpc) is 3.47. The van der Waals surface area contributed by atoms with Gasteiger partial charge in [-0.1, -0.05) is 19.6 Å². The number of rotatable bonds is 6. The van der Waals surface area contributed by atoms with Gasteiger partial charge in [-0.3, -0.25) is 4.99 Å². The van der Waals surface area contributed by atoms with E-state index in [1.54, 1.807) is 6.20 Å². The number of hydrogen-bond acceptors (Lipinski definition) is 4. The summed E-state index contributed by atoms with van der Waals surface area (Å²) in [5.41, 5.74) is 4.56. The van der Waals surface area contributed by atoms with E-state index < -0.39 is 5.60 Å². The van der Waals surface area contributed by atoms with Gasteiger partial charge in [-0.05, 0) is 72.3 Å². The summed E-state index contributed by atoms with van der Waals surface area (Å²) in [6, 6.07) is 0.213. The van der Waals surface area contributed by atoms with Crippen molar-refractivity contribution in [2.75, 3.05) is 19.6 Å². The van der Waals surface area contributed by atoms with Gasteiger partial charge < -0.3 is 14.5 Å². The van der Waals surface area contributed by atoms with Crippen molar-refractivity contribution in [1.82, 2.24) is 9.80 Å². The SMILES string of the molecule is C=CN=C(CC)C(/C(=C\C)C1CC1)=C(\C)N1CCN(C(=O)OC(C)(C)C)C[C@@H]1C. The van der Waals surface area contributed by atoms with E-state index in [4.69, 9.17) is 4.74 Å². The highest BCUT2D eigenvalue weighted by atomic mass is 16.6. The third-order valence-electron chi connectivity index (χ3n) is 5.56. The summed E-state index contributed by atoms with van der Waals surface area (Å²) < 4.78 is 5.57. The number of ether oxygens (including phenoxy) is 1. The molecule has 0 radical (unpaired) electrons. The van der Waals surface area contributed by atoms with Gasteiger partial charge >= 0.3 is 6.09 Å². The fourth-order valence-corrected chi connectivity index (χ4v) is 4.10. The Hall–Kier alpha value is -2.04. The number of nitrogens with zero attached hydrogens (tertiary/aromatic N) is 3. The quantitative estimate of drug-likeness (QED) is 0.433. The van der Waals surface area contributed by atoms with E-state index in [1.807, 2.05) is 25.7 Å². The van der Waals surface area contributed by atoms with Crippen molar-refractivity contribution in [3.8, 4) is 0 Å². The normalized spacial score (nSPS) is 22.4. The van der Waals surface area contributed by atoms with Crippen LogP contribution in [0.15, 0.2) is 40.7 Å².